The van der Waals surface area contributed by atoms with Crippen LogP contribution in [0.4, 0.5) is 13.2 Å². The van der Waals surface area contributed by atoms with Crippen LogP contribution in [-0.4, -0.2) is 26.6 Å². The molecule has 0 unspecified atom stereocenters. The monoisotopic (exact) mass is 294 g/mol. The molecule has 0 saturated heterocycles. The van der Waals surface area contributed by atoms with E-state index in [1.807, 2.05) is 0 Å². The molecule has 19 heavy (non-hydrogen) atoms. The molecule has 0 fully saturated rings. The Balaban J connectivity index is 2.64. The maximum Gasteiger partial charge on any atom is 0.389 e. The zero-order valence-electron chi connectivity index (χ0n) is 10.2. The number of sulfone groups is 1. The first kappa shape index (κ1) is 15.7. The molecular formula is C12H13F3O3S. The van der Waals surface area contributed by atoms with Crippen LogP contribution in [0.15, 0.2) is 29.2 Å². The normalized spacial score (nSPS) is 12.4. The summed E-state index contributed by atoms with van der Waals surface area (Å²) >= 11 is 0. The molecule has 0 heterocycles. The van der Waals surface area contributed by atoms with Gasteiger partial charge in [0.25, 0.3) is 0 Å². The zero-order valence-corrected chi connectivity index (χ0v) is 11.0. The van der Waals surface area contributed by atoms with Gasteiger partial charge < -0.3 is 0 Å². The van der Waals surface area contributed by atoms with E-state index >= 15 is 0 Å². The Morgan fingerprint density at radius 2 is 1.68 bits per heavy atom. The molecule has 1 aromatic rings. The number of ketones is 1. The van der Waals surface area contributed by atoms with Crippen LogP contribution in [-0.2, 0) is 9.84 Å². The molecule has 1 aromatic carbocycles. The molecular weight excluding hydrogens is 281 g/mol. The minimum absolute atomic E-state index is 0.0688. The van der Waals surface area contributed by atoms with E-state index in [9.17, 15) is 26.4 Å². The van der Waals surface area contributed by atoms with Gasteiger partial charge in [-0.3, -0.25) is 4.79 Å². The fourth-order valence-electron chi connectivity index (χ4n) is 1.48. The maximum absolute atomic E-state index is 11.9. The van der Waals surface area contributed by atoms with Gasteiger partial charge in [0.05, 0.1) is 4.90 Å². The van der Waals surface area contributed by atoms with Crippen LogP contribution < -0.4 is 0 Å². The summed E-state index contributed by atoms with van der Waals surface area (Å²) in [5.41, 5.74) is 0.217. The highest BCUT2D eigenvalue weighted by Gasteiger charge is 2.26. The summed E-state index contributed by atoms with van der Waals surface area (Å²) in [7, 11) is -3.34. The fraction of sp³-hybridized carbons (Fsp3) is 0.417. The zero-order chi connectivity index (χ0) is 14.7. The van der Waals surface area contributed by atoms with Gasteiger partial charge in [-0.1, -0.05) is 12.1 Å². The number of rotatable bonds is 5. The van der Waals surface area contributed by atoms with Gasteiger partial charge in [0.1, 0.15) is 0 Å². The second-order valence-corrected chi connectivity index (χ2v) is 6.20. The number of hydrogen-bond donors (Lipinski definition) is 0. The van der Waals surface area contributed by atoms with E-state index in [1.54, 1.807) is 0 Å². The van der Waals surface area contributed by atoms with Crippen molar-refractivity contribution in [2.75, 3.05) is 6.26 Å². The largest absolute Gasteiger partial charge is 0.389 e. The Labute approximate surface area is 109 Å². The predicted molar refractivity (Wildman–Crippen MR) is 63.8 cm³/mol. The summed E-state index contributed by atoms with van der Waals surface area (Å²) in [5, 5.41) is 0. The molecule has 0 aliphatic carbocycles. The van der Waals surface area contributed by atoms with Gasteiger partial charge >= 0.3 is 6.18 Å². The average molecular weight is 294 g/mol. The summed E-state index contributed by atoms with van der Waals surface area (Å²) < 4.78 is 58.1. The summed E-state index contributed by atoms with van der Waals surface area (Å²) in [6, 6.07) is 5.16. The van der Waals surface area contributed by atoms with Crippen LogP contribution in [0.5, 0.6) is 0 Å². The predicted octanol–water partition coefficient (Wildman–Crippen LogP) is 3.01. The Kier molecular flexibility index (Phi) is 4.73. The number of carbonyl (C=O) groups excluding carboxylic acids is 1. The van der Waals surface area contributed by atoms with Crippen LogP contribution in [0.25, 0.3) is 0 Å². The Morgan fingerprint density at radius 1 is 1.16 bits per heavy atom. The summed E-state index contributed by atoms with van der Waals surface area (Å²) in [6.45, 7) is 0. The van der Waals surface area contributed by atoms with Crippen LogP contribution in [0, 0.1) is 0 Å². The molecule has 0 aliphatic heterocycles. The highest BCUT2D eigenvalue weighted by Crippen LogP contribution is 2.23. The third-order valence-corrected chi connectivity index (χ3v) is 3.60. The molecule has 0 amide bonds. The molecule has 0 N–H and O–H groups in total. The van der Waals surface area contributed by atoms with Gasteiger partial charge in [0.2, 0.25) is 0 Å². The van der Waals surface area contributed by atoms with E-state index in [-0.39, 0.29) is 23.3 Å². The second kappa shape index (κ2) is 5.73. The van der Waals surface area contributed by atoms with Crippen LogP contribution in [0.2, 0.25) is 0 Å². The molecule has 0 bridgehead atoms. The number of alkyl halides is 3. The first-order valence-electron chi connectivity index (χ1n) is 5.50. The van der Waals surface area contributed by atoms with Crippen molar-refractivity contribution in [2.24, 2.45) is 0 Å². The second-order valence-electron chi connectivity index (χ2n) is 4.19. The van der Waals surface area contributed by atoms with E-state index < -0.39 is 28.2 Å². The van der Waals surface area contributed by atoms with Crippen LogP contribution in [0.1, 0.15) is 29.6 Å². The highest BCUT2D eigenvalue weighted by atomic mass is 32.2. The molecule has 106 valence electrons. The summed E-state index contributed by atoms with van der Waals surface area (Å²) in [4.78, 5) is 11.6. The standard InChI is InChI=1S/C12H13F3O3S/c1-19(17,18)10-6-4-9(5-7-10)11(16)3-2-8-12(13,14)15/h4-7H,2-3,8H2,1H3. The number of Topliss-reactive ketones (excluding diaryl/α,β-unsaturated/α-hetero) is 1. The third kappa shape index (κ3) is 5.42. The van der Waals surface area contributed by atoms with Gasteiger partial charge in [-0.2, -0.15) is 13.2 Å². The highest BCUT2D eigenvalue weighted by molar-refractivity contribution is 7.90. The van der Waals surface area contributed by atoms with Gasteiger partial charge in [-0.05, 0) is 18.6 Å². The molecule has 0 saturated carbocycles. The molecule has 1 rings (SSSR count). The van der Waals surface area contributed by atoms with Crippen molar-refractivity contribution in [1.29, 1.82) is 0 Å². The SMILES string of the molecule is CS(=O)(=O)c1ccc(C(=O)CCCC(F)(F)F)cc1. The number of hydrogen-bond acceptors (Lipinski definition) is 3. The molecule has 0 aromatic heterocycles. The molecule has 3 nitrogen and oxygen atoms in total. The van der Waals surface area contributed by atoms with Crippen molar-refractivity contribution >= 4 is 15.6 Å². The lowest BCUT2D eigenvalue weighted by molar-refractivity contribution is -0.135. The van der Waals surface area contributed by atoms with Crippen molar-refractivity contribution in [3.8, 4) is 0 Å². The molecule has 7 heteroatoms. The lowest BCUT2D eigenvalue weighted by Crippen LogP contribution is -2.08. The summed E-state index contributed by atoms with van der Waals surface area (Å²) in [6.07, 6.45) is -4.71. The van der Waals surface area contributed by atoms with Gasteiger partial charge in [-0.15, -0.1) is 0 Å². The van der Waals surface area contributed by atoms with Crippen molar-refractivity contribution in [2.45, 2.75) is 30.3 Å². The van der Waals surface area contributed by atoms with E-state index in [4.69, 9.17) is 0 Å². The maximum atomic E-state index is 11.9. The first-order valence-corrected chi connectivity index (χ1v) is 7.39. The Bertz CT molecular complexity index is 545. The van der Waals surface area contributed by atoms with Crippen molar-refractivity contribution in [3.63, 3.8) is 0 Å². The first-order chi connectivity index (χ1) is 8.59. The van der Waals surface area contributed by atoms with Crippen molar-refractivity contribution in [3.05, 3.63) is 29.8 Å². The summed E-state index contributed by atoms with van der Waals surface area (Å²) in [5.74, 6) is -0.427. The quantitative estimate of drug-likeness (QED) is 0.784. The minimum atomic E-state index is -4.26. The third-order valence-electron chi connectivity index (χ3n) is 2.47. The lowest BCUT2D eigenvalue weighted by Gasteiger charge is -2.05. The lowest BCUT2D eigenvalue weighted by atomic mass is 10.1. The van der Waals surface area contributed by atoms with E-state index in [2.05, 4.69) is 0 Å². The minimum Gasteiger partial charge on any atom is -0.294 e. The van der Waals surface area contributed by atoms with E-state index in [1.165, 1.54) is 24.3 Å². The number of benzene rings is 1. The Morgan fingerprint density at radius 3 is 2.11 bits per heavy atom. The molecule has 0 spiro atoms. The van der Waals surface area contributed by atoms with Crippen molar-refractivity contribution in [1.82, 2.24) is 0 Å². The van der Waals surface area contributed by atoms with Crippen LogP contribution in [0.3, 0.4) is 0 Å². The van der Waals surface area contributed by atoms with Gasteiger partial charge in [-0.25, -0.2) is 8.42 Å². The van der Waals surface area contributed by atoms with E-state index in [0.29, 0.717) is 0 Å². The van der Waals surface area contributed by atoms with E-state index in [0.717, 1.165) is 6.26 Å². The van der Waals surface area contributed by atoms with Gasteiger partial charge in [0, 0.05) is 24.7 Å². The van der Waals surface area contributed by atoms with Crippen LogP contribution >= 0.6 is 0 Å². The molecule has 0 radical (unpaired) electrons. The Hall–Kier alpha value is -1.37. The smallest absolute Gasteiger partial charge is 0.294 e. The topological polar surface area (TPSA) is 51.2 Å². The number of carbonyl (C=O) groups is 1. The van der Waals surface area contributed by atoms with Crippen molar-refractivity contribution < 1.29 is 26.4 Å². The number of halogens is 3. The molecule has 0 aliphatic rings. The average Bonchev–Trinajstić information content (AvgIpc) is 2.26. The van der Waals surface area contributed by atoms with Gasteiger partial charge in [0.15, 0.2) is 15.6 Å². The fourth-order valence-corrected chi connectivity index (χ4v) is 2.11. The molecule has 0 atom stereocenters.